The average molecular weight is 273 g/mol. The Morgan fingerprint density at radius 1 is 1.15 bits per heavy atom. The molecule has 0 aliphatic rings. The largest absolute Gasteiger partial charge is 0.381 e. The number of nitriles is 1. The molecule has 2 rings (SSSR count). The molecule has 0 heterocycles. The van der Waals surface area contributed by atoms with E-state index in [9.17, 15) is 13.9 Å². The van der Waals surface area contributed by atoms with Crippen LogP contribution in [0.5, 0.6) is 0 Å². The van der Waals surface area contributed by atoms with Crippen LogP contribution in [0.2, 0.25) is 0 Å². The number of hydrogen-bond acceptors (Lipinski definition) is 2. The highest BCUT2D eigenvalue weighted by Crippen LogP contribution is 2.32. The molecule has 0 aliphatic heterocycles. The predicted octanol–water partition coefficient (Wildman–Crippen LogP) is 3.40. The van der Waals surface area contributed by atoms with Crippen LogP contribution in [0, 0.1) is 29.9 Å². The van der Waals surface area contributed by atoms with E-state index in [1.165, 1.54) is 32.0 Å². The zero-order valence-corrected chi connectivity index (χ0v) is 11.1. The minimum atomic E-state index is -1.72. The first-order valence-electron chi connectivity index (χ1n) is 6.06. The number of hydrogen-bond donors (Lipinski definition) is 1. The van der Waals surface area contributed by atoms with Crippen LogP contribution >= 0.6 is 0 Å². The summed E-state index contributed by atoms with van der Waals surface area (Å²) in [7, 11) is 0. The topological polar surface area (TPSA) is 44.0 Å². The molecule has 2 nitrogen and oxygen atoms in total. The maximum absolute atomic E-state index is 14.0. The van der Waals surface area contributed by atoms with Crippen molar-refractivity contribution < 1.29 is 13.9 Å². The fourth-order valence-corrected chi connectivity index (χ4v) is 2.07. The van der Waals surface area contributed by atoms with Crippen LogP contribution in [0.15, 0.2) is 36.4 Å². The number of aryl methyl sites for hydroxylation is 1. The van der Waals surface area contributed by atoms with Gasteiger partial charge in [-0.2, -0.15) is 5.26 Å². The average Bonchev–Trinajstić information content (AvgIpc) is 2.44. The Labute approximate surface area is 115 Å². The molecule has 4 heteroatoms. The lowest BCUT2D eigenvalue weighted by atomic mass is 9.86. The molecule has 0 radical (unpaired) electrons. The predicted molar refractivity (Wildman–Crippen MR) is 70.9 cm³/mol. The Bertz CT molecular complexity index is 702. The van der Waals surface area contributed by atoms with E-state index >= 15 is 0 Å². The third kappa shape index (κ3) is 2.28. The standard InChI is InChI=1S/C16H13F2NO/c1-10-6-7-13(15(18)14(10)17)16(2,20)12-5-3-4-11(8-12)9-19/h3-8,20H,1-2H3. The van der Waals surface area contributed by atoms with Crippen LogP contribution in [-0.4, -0.2) is 5.11 Å². The van der Waals surface area contributed by atoms with Gasteiger partial charge in [-0.05, 0) is 37.1 Å². The SMILES string of the molecule is Cc1ccc(C(C)(O)c2cccc(C#N)c2)c(F)c1F. The Balaban J connectivity index is 2.60. The zero-order chi connectivity index (χ0) is 14.9. The Morgan fingerprint density at radius 3 is 2.50 bits per heavy atom. The molecule has 1 unspecified atom stereocenters. The van der Waals surface area contributed by atoms with Crippen molar-refractivity contribution in [2.45, 2.75) is 19.4 Å². The van der Waals surface area contributed by atoms with Crippen LogP contribution in [-0.2, 0) is 5.60 Å². The summed E-state index contributed by atoms with van der Waals surface area (Å²) in [6.07, 6.45) is 0. The van der Waals surface area contributed by atoms with Gasteiger partial charge in [0.2, 0.25) is 0 Å². The van der Waals surface area contributed by atoms with Crippen LogP contribution in [0.3, 0.4) is 0 Å². The summed E-state index contributed by atoms with van der Waals surface area (Å²) in [5.74, 6) is -2.04. The summed E-state index contributed by atoms with van der Waals surface area (Å²) in [5, 5.41) is 19.4. The summed E-state index contributed by atoms with van der Waals surface area (Å²) >= 11 is 0. The van der Waals surface area contributed by atoms with Gasteiger partial charge in [0.15, 0.2) is 11.6 Å². The van der Waals surface area contributed by atoms with E-state index in [4.69, 9.17) is 5.26 Å². The van der Waals surface area contributed by atoms with Crippen LogP contribution in [0.4, 0.5) is 8.78 Å². The molecule has 0 bridgehead atoms. The summed E-state index contributed by atoms with van der Waals surface area (Å²) in [6.45, 7) is 2.82. The van der Waals surface area contributed by atoms with Gasteiger partial charge in [0.25, 0.3) is 0 Å². The van der Waals surface area contributed by atoms with Crippen molar-refractivity contribution in [2.24, 2.45) is 0 Å². The van der Waals surface area contributed by atoms with Crippen LogP contribution in [0.25, 0.3) is 0 Å². The van der Waals surface area contributed by atoms with Gasteiger partial charge in [-0.1, -0.05) is 24.3 Å². The molecule has 0 saturated heterocycles. The van der Waals surface area contributed by atoms with Crippen molar-refractivity contribution in [3.8, 4) is 6.07 Å². The minimum Gasteiger partial charge on any atom is -0.381 e. The van der Waals surface area contributed by atoms with Gasteiger partial charge in [0.05, 0.1) is 11.6 Å². The molecular weight excluding hydrogens is 260 g/mol. The Hall–Kier alpha value is -2.25. The van der Waals surface area contributed by atoms with Crippen molar-refractivity contribution in [2.75, 3.05) is 0 Å². The van der Waals surface area contributed by atoms with E-state index in [0.717, 1.165) is 0 Å². The summed E-state index contributed by atoms with van der Waals surface area (Å²) in [4.78, 5) is 0. The summed E-state index contributed by atoms with van der Waals surface area (Å²) in [6, 6.07) is 10.9. The Morgan fingerprint density at radius 2 is 1.85 bits per heavy atom. The van der Waals surface area contributed by atoms with E-state index in [2.05, 4.69) is 0 Å². The molecule has 102 valence electrons. The van der Waals surface area contributed by atoms with E-state index in [0.29, 0.717) is 11.1 Å². The van der Waals surface area contributed by atoms with E-state index in [1.54, 1.807) is 18.2 Å². The fraction of sp³-hybridized carbons (Fsp3) is 0.188. The Kier molecular flexibility index (Phi) is 3.56. The highest BCUT2D eigenvalue weighted by Gasteiger charge is 2.30. The van der Waals surface area contributed by atoms with Crippen molar-refractivity contribution in [1.29, 1.82) is 5.26 Å². The maximum atomic E-state index is 14.0. The first-order chi connectivity index (χ1) is 9.37. The fourth-order valence-electron chi connectivity index (χ4n) is 2.07. The molecule has 0 fully saturated rings. The van der Waals surface area contributed by atoms with Gasteiger partial charge in [-0.25, -0.2) is 8.78 Å². The molecule has 2 aromatic carbocycles. The second kappa shape index (κ2) is 5.03. The molecule has 0 saturated carbocycles. The van der Waals surface area contributed by atoms with Crippen molar-refractivity contribution >= 4 is 0 Å². The van der Waals surface area contributed by atoms with Crippen molar-refractivity contribution in [1.82, 2.24) is 0 Å². The third-order valence-corrected chi connectivity index (χ3v) is 3.35. The normalized spacial score (nSPS) is 13.6. The second-order valence-electron chi connectivity index (χ2n) is 4.82. The molecule has 1 atom stereocenters. The lowest BCUT2D eigenvalue weighted by Crippen LogP contribution is -2.25. The zero-order valence-electron chi connectivity index (χ0n) is 11.1. The lowest BCUT2D eigenvalue weighted by Gasteiger charge is -2.25. The van der Waals surface area contributed by atoms with Crippen molar-refractivity contribution in [3.05, 3.63) is 70.3 Å². The van der Waals surface area contributed by atoms with Crippen LogP contribution < -0.4 is 0 Å². The highest BCUT2D eigenvalue weighted by atomic mass is 19.2. The molecule has 1 N–H and O–H groups in total. The van der Waals surface area contributed by atoms with Crippen molar-refractivity contribution in [3.63, 3.8) is 0 Å². The lowest BCUT2D eigenvalue weighted by molar-refractivity contribution is 0.0969. The molecule has 0 aliphatic carbocycles. The third-order valence-electron chi connectivity index (χ3n) is 3.35. The molecule has 0 spiro atoms. The summed E-state index contributed by atoms with van der Waals surface area (Å²) in [5.41, 5.74) is -1.02. The van der Waals surface area contributed by atoms with Crippen LogP contribution in [0.1, 0.15) is 29.2 Å². The first kappa shape index (κ1) is 14.2. The number of nitrogens with zero attached hydrogens (tertiary/aromatic N) is 1. The number of benzene rings is 2. The maximum Gasteiger partial charge on any atom is 0.165 e. The summed E-state index contributed by atoms with van der Waals surface area (Å²) < 4.78 is 27.7. The molecular formula is C16H13F2NO. The monoisotopic (exact) mass is 273 g/mol. The van der Waals surface area contributed by atoms with E-state index < -0.39 is 17.2 Å². The minimum absolute atomic E-state index is 0.157. The van der Waals surface area contributed by atoms with Gasteiger partial charge in [0, 0.05) is 5.56 Å². The van der Waals surface area contributed by atoms with Gasteiger partial charge in [-0.3, -0.25) is 0 Å². The molecule has 2 aromatic rings. The van der Waals surface area contributed by atoms with Gasteiger partial charge >= 0.3 is 0 Å². The first-order valence-corrected chi connectivity index (χ1v) is 6.06. The van der Waals surface area contributed by atoms with E-state index in [-0.39, 0.29) is 11.1 Å². The molecule has 0 amide bonds. The quantitative estimate of drug-likeness (QED) is 0.911. The second-order valence-corrected chi connectivity index (χ2v) is 4.82. The molecule has 0 aromatic heterocycles. The smallest absolute Gasteiger partial charge is 0.165 e. The van der Waals surface area contributed by atoms with Gasteiger partial charge in [-0.15, -0.1) is 0 Å². The highest BCUT2D eigenvalue weighted by molar-refractivity contribution is 5.42. The number of aliphatic hydroxyl groups is 1. The molecule has 20 heavy (non-hydrogen) atoms. The number of rotatable bonds is 2. The van der Waals surface area contributed by atoms with Gasteiger partial charge < -0.3 is 5.11 Å². The van der Waals surface area contributed by atoms with E-state index in [1.807, 2.05) is 6.07 Å². The van der Waals surface area contributed by atoms with Gasteiger partial charge in [0.1, 0.15) is 5.60 Å². The number of halogens is 2.